The quantitative estimate of drug-likeness (QED) is 0.0785. The predicted octanol–water partition coefficient (Wildman–Crippen LogP) is 4.03. The zero-order valence-electron chi connectivity index (χ0n) is 25.4. The molecule has 45 heavy (non-hydrogen) atoms. The van der Waals surface area contributed by atoms with Gasteiger partial charge >= 0.3 is 11.9 Å². The van der Waals surface area contributed by atoms with Crippen molar-refractivity contribution in [3.05, 3.63) is 117 Å². The molecule has 0 aliphatic carbocycles. The Morgan fingerprint density at radius 1 is 0.978 bits per heavy atom. The Kier molecular flexibility index (Phi) is 10.9. The van der Waals surface area contributed by atoms with Crippen LogP contribution in [0.5, 0.6) is 0 Å². The van der Waals surface area contributed by atoms with Gasteiger partial charge in [-0.1, -0.05) is 77.0 Å². The lowest BCUT2D eigenvalue weighted by Gasteiger charge is -2.34. The number of nitriles is 1. The maximum absolute atomic E-state index is 13.5. The highest BCUT2D eigenvalue weighted by Crippen LogP contribution is 2.45. The summed E-state index contributed by atoms with van der Waals surface area (Å²) in [5.74, 6) is 4.07. The van der Waals surface area contributed by atoms with E-state index in [-0.39, 0.29) is 28.5 Å². The Morgan fingerprint density at radius 3 is 2.00 bits per heavy atom. The van der Waals surface area contributed by atoms with Crippen molar-refractivity contribution in [1.82, 2.24) is 5.43 Å². The van der Waals surface area contributed by atoms with Crippen LogP contribution < -0.4 is 17.0 Å². The molecular formula is C33H36N4O7S. The number of hydrogen-bond acceptors (Lipinski definition) is 12. The second kappa shape index (κ2) is 14.6. The fourth-order valence-corrected chi connectivity index (χ4v) is 5.67. The van der Waals surface area contributed by atoms with Crippen LogP contribution in [0.2, 0.25) is 0 Å². The summed E-state index contributed by atoms with van der Waals surface area (Å²) in [5.41, 5.74) is 9.43. The van der Waals surface area contributed by atoms with E-state index in [4.69, 9.17) is 30.5 Å². The summed E-state index contributed by atoms with van der Waals surface area (Å²) >= 11 is 0.859. The molecule has 5 atom stereocenters. The number of aryl methyl sites for hydroxylation is 3. The Hall–Kier alpha value is -4.38. The van der Waals surface area contributed by atoms with Crippen molar-refractivity contribution in [3.63, 3.8) is 0 Å². The lowest BCUT2D eigenvalue weighted by atomic mass is 9.97. The first-order valence-electron chi connectivity index (χ1n) is 14.1. The largest absolute Gasteiger partial charge is 0.451 e. The SMILES string of the molecule is Cc1ccc(C(=O)O[C@@H]2C(COC(O)c3ccc(C)cc3)OC(S/C(N)=C(/C#N)NN)[C@]2(C)OC(=O)c2ccc(C)cc2)cc1. The molecule has 3 unspecified atom stereocenters. The van der Waals surface area contributed by atoms with Gasteiger partial charge in [0.15, 0.2) is 29.1 Å². The highest BCUT2D eigenvalue weighted by atomic mass is 32.2. The van der Waals surface area contributed by atoms with Crippen LogP contribution in [0, 0.1) is 32.1 Å². The van der Waals surface area contributed by atoms with Gasteiger partial charge in [-0.15, -0.1) is 0 Å². The molecule has 3 aromatic rings. The molecule has 1 aliphatic heterocycles. The second-order valence-corrected chi connectivity index (χ2v) is 12.0. The smallest absolute Gasteiger partial charge is 0.338 e. The molecule has 12 heteroatoms. The monoisotopic (exact) mass is 632 g/mol. The van der Waals surface area contributed by atoms with Gasteiger partial charge in [0, 0.05) is 5.56 Å². The average Bonchev–Trinajstić information content (AvgIpc) is 3.26. The van der Waals surface area contributed by atoms with Crippen LogP contribution in [0.1, 0.15) is 56.2 Å². The van der Waals surface area contributed by atoms with Crippen LogP contribution in [0.3, 0.4) is 0 Å². The van der Waals surface area contributed by atoms with Crippen LogP contribution in [0.25, 0.3) is 0 Å². The van der Waals surface area contributed by atoms with Crippen LogP contribution >= 0.6 is 11.8 Å². The standard InChI is InChI=1S/C33H36N4O7S/c1-19-5-11-22(12-6-19)29(38)41-18-26-27(43-30(39)23-13-7-20(2)8-14-23)33(4,32(42-26)45-28(35)25(17-34)37-36)44-31(40)24-15-9-21(3)10-16-24/h5-16,26-27,29,32,37-38H,18,35-36H2,1-4H3/b28-25-/t26?,27-,29?,32?,33-/m1/s1. The van der Waals surface area contributed by atoms with Crippen molar-refractivity contribution in [2.75, 3.05) is 6.61 Å². The van der Waals surface area contributed by atoms with Crippen molar-refractivity contribution in [1.29, 1.82) is 5.26 Å². The molecule has 236 valence electrons. The Balaban J connectivity index is 1.71. The van der Waals surface area contributed by atoms with Gasteiger partial charge in [0.1, 0.15) is 17.2 Å². The summed E-state index contributed by atoms with van der Waals surface area (Å²) in [5, 5.41) is 20.2. The van der Waals surface area contributed by atoms with Crippen LogP contribution in [0.4, 0.5) is 0 Å². The minimum Gasteiger partial charge on any atom is -0.451 e. The van der Waals surface area contributed by atoms with Crippen molar-refractivity contribution in [3.8, 4) is 6.07 Å². The number of nitrogens with two attached hydrogens (primary N) is 2. The number of nitrogens with zero attached hydrogens (tertiary/aromatic N) is 1. The Morgan fingerprint density at radius 2 is 1.49 bits per heavy atom. The van der Waals surface area contributed by atoms with Crippen molar-refractivity contribution in [2.45, 2.75) is 57.2 Å². The molecule has 0 spiro atoms. The van der Waals surface area contributed by atoms with Gasteiger partial charge in [0.25, 0.3) is 0 Å². The van der Waals surface area contributed by atoms with Gasteiger partial charge < -0.3 is 35.2 Å². The van der Waals surface area contributed by atoms with Gasteiger partial charge in [0.2, 0.25) is 0 Å². The summed E-state index contributed by atoms with van der Waals surface area (Å²) in [4.78, 5) is 26.9. The number of hydrazine groups is 1. The topological polar surface area (TPSA) is 179 Å². The molecule has 0 saturated carbocycles. The number of carbonyl (C=O) groups excluding carboxylic acids is 2. The number of aliphatic hydroxyl groups excluding tert-OH is 1. The van der Waals surface area contributed by atoms with Gasteiger partial charge in [-0.3, -0.25) is 0 Å². The molecule has 0 bridgehead atoms. The minimum absolute atomic E-state index is 0.0486. The van der Waals surface area contributed by atoms with E-state index < -0.39 is 41.5 Å². The molecule has 0 amide bonds. The van der Waals surface area contributed by atoms with Crippen LogP contribution in [0.15, 0.2) is 83.5 Å². The number of allylic oxidation sites excluding steroid dienone is 1. The first kappa shape index (κ1) is 33.5. The number of carbonyl (C=O) groups is 2. The van der Waals surface area contributed by atoms with E-state index in [1.54, 1.807) is 67.6 Å². The van der Waals surface area contributed by atoms with Crippen molar-refractivity contribution < 1.29 is 33.6 Å². The maximum Gasteiger partial charge on any atom is 0.338 e. The summed E-state index contributed by atoms with van der Waals surface area (Å²) in [6.45, 7) is 6.98. The Bertz CT molecular complexity index is 1570. The number of ether oxygens (including phenoxy) is 4. The molecule has 1 saturated heterocycles. The van der Waals surface area contributed by atoms with E-state index in [0.29, 0.717) is 5.56 Å². The third kappa shape index (κ3) is 8.02. The normalized spacial score (nSPS) is 22.1. The minimum atomic E-state index is -1.67. The molecule has 0 aromatic heterocycles. The van der Waals surface area contributed by atoms with Crippen LogP contribution in [-0.4, -0.2) is 46.9 Å². The zero-order chi connectivity index (χ0) is 32.7. The number of aliphatic hydroxyl groups is 1. The van der Waals surface area contributed by atoms with Crippen molar-refractivity contribution in [2.24, 2.45) is 11.6 Å². The van der Waals surface area contributed by atoms with Gasteiger partial charge in [-0.05, 0) is 52.0 Å². The van der Waals surface area contributed by atoms with Crippen LogP contribution in [-0.2, 0) is 18.9 Å². The van der Waals surface area contributed by atoms with Crippen molar-refractivity contribution >= 4 is 23.7 Å². The number of thioether (sulfide) groups is 1. The third-order valence-corrected chi connectivity index (χ3v) is 8.56. The fourth-order valence-electron chi connectivity index (χ4n) is 4.61. The van der Waals surface area contributed by atoms with E-state index in [1.807, 2.05) is 39.0 Å². The molecular weight excluding hydrogens is 596 g/mol. The predicted molar refractivity (Wildman–Crippen MR) is 168 cm³/mol. The average molecular weight is 633 g/mol. The van der Waals surface area contributed by atoms with E-state index in [9.17, 15) is 20.0 Å². The molecule has 1 fully saturated rings. The highest BCUT2D eigenvalue weighted by molar-refractivity contribution is 8.03. The number of benzene rings is 3. The first-order valence-corrected chi connectivity index (χ1v) is 15.0. The van der Waals surface area contributed by atoms with E-state index in [2.05, 4.69) is 5.43 Å². The molecule has 3 aromatic carbocycles. The number of rotatable bonds is 11. The fraction of sp³-hybridized carbons (Fsp3) is 0.303. The molecule has 4 rings (SSSR count). The molecule has 0 radical (unpaired) electrons. The van der Waals surface area contributed by atoms with Gasteiger partial charge in [-0.2, -0.15) is 5.26 Å². The summed E-state index contributed by atoms with van der Waals surface area (Å²) in [6, 6.07) is 22.5. The highest BCUT2D eigenvalue weighted by Gasteiger charge is 2.60. The van der Waals surface area contributed by atoms with Gasteiger partial charge in [-0.25, -0.2) is 15.4 Å². The Labute approximate surface area is 266 Å². The summed E-state index contributed by atoms with van der Waals surface area (Å²) in [6.07, 6.45) is -3.61. The molecule has 11 nitrogen and oxygen atoms in total. The third-order valence-electron chi connectivity index (χ3n) is 7.31. The lowest BCUT2D eigenvalue weighted by molar-refractivity contribution is -0.141. The number of hydrogen-bond donors (Lipinski definition) is 4. The summed E-state index contributed by atoms with van der Waals surface area (Å²) in [7, 11) is 0. The molecule has 6 N–H and O–H groups in total. The number of esters is 2. The maximum atomic E-state index is 13.5. The zero-order valence-corrected chi connectivity index (χ0v) is 26.2. The van der Waals surface area contributed by atoms with E-state index >= 15 is 0 Å². The summed E-state index contributed by atoms with van der Waals surface area (Å²) < 4.78 is 24.2. The van der Waals surface area contributed by atoms with Gasteiger partial charge in [0.05, 0.1) is 17.7 Å². The van der Waals surface area contributed by atoms with E-state index in [1.165, 1.54) is 0 Å². The van der Waals surface area contributed by atoms with E-state index in [0.717, 1.165) is 28.5 Å². The first-order chi connectivity index (χ1) is 21.4. The number of nitrogens with one attached hydrogen (secondary N) is 1. The molecule has 1 aliphatic rings. The lowest BCUT2D eigenvalue weighted by Crippen LogP contribution is -2.51. The molecule has 1 heterocycles. The second-order valence-electron chi connectivity index (χ2n) is 10.8.